The lowest BCUT2D eigenvalue weighted by Crippen LogP contribution is -2.33. The second kappa shape index (κ2) is 7.80. The van der Waals surface area contributed by atoms with E-state index in [1.807, 2.05) is 4.57 Å². The smallest absolute Gasteiger partial charge is 0.270 e. The van der Waals surface area contributed by atoms with Crippen LogP contribution in [0.25, 0.3) is 11.1 Å². The van der Waals surface area contributed by atoms with E-state index >= 15 is 0 Å². The minimum atomic E-state index is -3.50. The molecule has 6 nitrogen and oxygen atoms in total. The molecule has 26 heavy (non-hydrogen) atoms. The van der Waals surface area contributed by atoms with E-state index in [2.05, 4.69) is 11.9 Å². The molecule has 1 fully saturated rings. The van der Waals surface area contributed by atoms with Gasteiger partial charge in [0.15, 0.2) is 5.58 Å². The fourth-order valence-electron chi connectivity index (χ4n) is 3.58. The van der Waals surface area contributed by atoms with Crippen molar-refractivity contribution >= 4 is 33.3 Å². The third kappa shape index (κ3) is 3.88. The number of benzene rings is 1. The molecule has 8 heteroatoms. The van der Waals surface area contributed by atoms with Crippen LogP contribution in [0.5, 0.6) is 0 Å². The van der Waals surface area contributed by atoms with E-state index in [4.69, 9.17) is 16.6 Å². The van der Waals surface area contributed by atoms with E-state index in [9.17, 15) is 8.42 Å². The first-order valence-electron chi connectivity index (χ1n) is 9.07. The van der Waals surface area contributed by atoms with Gasteiger partial charge in [0, 0.05) is 20.1 Å². The van der Waals surface area contributed by atoms with Gasteiger partial charge in [0.25, 0.3) is 4.84 Å². The molecule has 0 aliphatic heterocycles. The predicted molar refractivity (Wildman–Crippen MR) is 105 cm³/mol. The van der Waals surface area contributed by atoms with Crippen LogP contribution in [0.2, 0.25) is 0 Å². The average Bonchev–Trinajstić information content (AvgIpc) is 2.79. The highest BCUT2D eigenvalue weighted by Gasteiger charge is 2.21. The summed E-state index contributed by atoms with van der Waals surface area (Å²) in [5.41, 5.74) is 1.33. The Bertz CT molecular complexity index is 923. The van der Waals surface area contributed by atoms with Crippen molar-refractivity contribution in [1.29, 1.82) is 0 Å². The maximum atomic E-state index is 12.5. The number of nitrogens with zero attached hydrogens (tertiary/aromatic N) is 3. The minimum absolute atomic E-state index is 0.247. The zero-order chi connectivity index (χ0) is 18.9. The summed E-state index contributed by atoms with van der Waals surface area (Å²) in [5.74, 6) is 0. The summed E-state index contributed by atoms with van der Waals surface area (Å²) >= 11 is 5.40. The van der Waals surface area contributed by atoms with Gasteiger partial charge in [0.2, 0.25) is 10.0 Å². The molecule has 1 heterocycles. The quantitative estimate of drug-likeness (QED) is 0.567. The van der Waals surface area contributed by atoms with Crippen molar-refractivity contribution in [3.8, 4) is 0 Å². The molecule has 0 saturated heterocycles. The second-order valence-corrected chi connectivity index (χ2v) is 9.76. The van der Waals surface area contributed by atoms with Crippen molar-refractivity contribution in [2.24, 2.45) is 0 Å². The third-order valence-corrected chi connectivity index (χ3v) is 7.34. The number of rotatable bonds is 5. The largest absolute Gasteiger partial charge is 0.429 e. The minimum Gasteiger partial charge on any atom is -0.429 e. The average molecular weight is 398 g/mol. The van der Waals surface area contributed by atoms with Gasteiger partial charge in [-0.1, -0.05) is 25.7 Å². The van der Waals surface area contributed by atoms with Gasteiger partial charge in [-0.15, -0.1) is 0 Å². The summed E-state index contributed by atoms with van der Waals surface area (Å²) in [7, 11) is 1.67. The maximum absolute atomic E-state index is 12.5. The molecule has 0 atom stereocenters. The Hall–Kier alpha value is -1.22. The Balaban J connectivity index is 1.95. The van der Waals surface area contributed by atoms with Gasteiger partial charge >= 0.3 is 0 Å². The molecule has 1 aromatic carbocycles. The highest BCUT2D eigenvalue weighted by molar-refractivity contribution is 7.89. The zero-order valence-corrected chi connectivity index (χ0v) is 17.3. The van der Waals surface area contributed by atoms with Crippen LogP contribution in [-0.4, -0.2) is 49.4 Å². The van der Waals surface area contributed by atoms with Crippen molar-refractivity contribution < 1.29 is 12.8 Å². The SMILES string of the molecule is CN(Cn1c(=S)oc2ccc(S(=O)(=O)N(C)C)cc21)C1CCCCCC1. The molecule has 0 spiro atoms. The molecular formula is C18H27N3O3S2. The van der Waals surface area contributed by atoms with E-state index in [0.717, 1.165) is 5.52 Å². The fraction of sp³-hybridized carbons (Fsp3) is 0.611. The molecule has 0 bridgehead atoms. The third-order valence-electron chi connectivity index (χ3n) is 5.23. The zero-order valence-electron chi connectivity index (χ0n) is 15.6. The maximum Gasteiger partial charge on any atom is 0.270 e. The van der Waals surface area contributed by atoms with Crippen LogP contribution < -0.4 is 0 Å². The van der Waals surface area contributed by atoms with Gasteiger partial charge in [-0.3, -0.25) is 9.47 Å². The normalized spacial score (nSPS) is 17.3. The van der Waals surface area contributed by atoms with Crippen molar-refractivity contribution in [2.45, 2.75) is 56.1 Å². The number of aromatic nitrogens is 1. The molecule has 144 valence electrons. The molecule has 0 amide bonds. The van der Waals surface area contributed by atoms with Gasteiger partial charge in [0.1, 0.15) is 0 Å². The summed E-state index contributed by atoms with van der Waals surface area (Å²) in [4.78, 5) is 2.93. The van der Waals surface area contributed by atoms with E-state index in [0.29, 0.717) is 23.1 Å². The number of hydrogen-bond acceptors (Lipinski definition) is 5. The standard InChI is InChI=1S/C18H27N3O3S2/c1-19(2)26(22,23)15-10-11-17-16(12-15)21(18(25)24-17)13-20(3)14-8-6-4-5-7-9-14/h10-12,14H,4-9,13H2,1-3H3. The van der Waals surface area contributed by atoms with Crippen molar-refractivity contribution in [3.63, 3.8) is 0 Å². The Labute approximate surface area is 160 Å². The molecule has 1 aliphatic carbocycles. The van der Waals surface area contributed by atoms with Gasteiger partial charge in [-0.25, -0.2) is 12.7 Å². The number of sulfonamides is 1. The van der Waals surface area contributed by atoms with Crippen LogP contribution in [0.4, 0.5) is 0 Å². The van der Waals surface area contributed by atoms with Gasteiger partial charge < -0.3 is 4.42 Å². The summed E-state index contributed by atoms with van der Waals surface area (Å²) in [6, 6.07) is 5.43. The molecule has 3 rings (SSSR count). The van der Waals surface area contributed by atoms with Crippen LogP contribution in [0.1, 0.15) is 38.5 Å². The van der Waals surface area contributed by atoms with Crippen LogP contribution >= 0.6 is 12.2 Å². The fourth-order valence-corrected chi connectivity index (χ4v) is 4.75. The summed E-state index contributed by atoms with van der Waals surface area (Å²) in [6.45, 7) is 0.599. The Morgan fingerprint density at radius 3 is 2.42 bits per heavy atom. The molecule has 0 N–H and O–H groups in total. The van der Waals surface area contributed by atoms with Crippen molar-refractivity contribution in [1.82, 2.24) is 13.8 Å². The van der Waals surface area contributed by atoms with E-state index in [1.165, 1.54) is 56.9 Å². The first-order chi connectivity index (χ1) is 12.3. The number of oxazole rings is 1. The molecular weight excluding hydrogens is 370 g/mol. The van der Waals surface area contributed by atoms with Gasteiger partial charge in [-0.2, -0.15) is 0 Å². The van der Waals surface area contributed by atoms with Gasteiger partial charge in [0.05, 0.1) is 17.1 Å². The van der Waals surface area contributed by atoms with Crippen LogP contribution in [-0.2, 0) is 16.7 Å². The lowest BCUT2D eigenvalue weighted by molar-refractivity contribution is 0.174. The lowest BCUT2D eigenvalue weighted by Gasteiger charge is -2.27. The summed E-state index contributed by atoms with van der Waals surface area (Å²) in [5, 5.41) is 0. The monoisotopic (exact) mass is 397 g/mol. The number of fused-ring (bicyclic) bond motifs is 1. The van der Waals surface area contributed by atoms with E-state index in [1.54, 1.807) is 18.2 Å². The summed E-state index contributed by atoms with van der Waals surface area (Å²) in [6.07, 6.45) is 7.53. The Kier molecular flexibility index (Phi) is 5.86. The predicted octanol–water partition coefficient (Wildman–Crippen LogP) is 3.83. The lowest BCUT2D eigenvalue weighted by atomic mass is 10.1. The Morgan fingerprint density at radius 1 is 1.15 bits per heavy atom. The molecule has 0 unspecified atom stereocenters. The van der Waals surface area contributed by atoms with Crippen LogP contribution in [0.3, 0.4) is 0 Å². The topological polar surface area (TPSA) is 58.7 Å². The molecule has 1 aromatic heterocycles. The molecule has 0 radical (unpaired) electrons. The van der Waals surface area contributed by atoms with E-state index in [-0.39, 0.29) is 4.90 Å². The summed E-state index contributed by atoms with van der Waals surface area (Å²) < 4.78 is 33.7. The molecule has 1 saturated carbocycles. The second-order valence-electron chi connectivity index (χ2n) is 7.26. The first kappa shape index (κ1) is 19.5. The van der Waals surface area contributed by atoms with Gasteiger partial charge in [-0.05, 0) is 50.3 Å². The van der Waals surface area contributed by atoms with Crippen molar-refractivity contribution in [2.75, 3.05) is 21.1 Å². The van der Waals surface area contributed by atoms with Crippen molar-refractivity contribution in [3.05, 3.63) is 23.0 Å². The van der Waals surface area contributed by atoms with Crippen LogP contribution in [0, 0.1) is 4.84 Å². The molecule has 1 aliphatic rings. The highest BCUT2D eigenvalue weighted by atomic mass is 32.2. The van der Waals surface area contributed by atoms with Crippen LogP contribution in [0.15, 0.2) is 27.5 Å². The molecule has 2 aromatic rings. The van der Waals surface area contributed by atoms with E-state index < -0.39 is 10.0 Å². The number of hydrogen-bond donors (Lipinski definition) is 0. The Morgan fingerprint density at radius 2 is 1.81 bits per heavy atom. The first-order valence-corrected chi connectivity index (χ1v) is 10.9. The highest BCUT2D eigenvalue weighted by Crippen LogP contribution is 2.25.